The van der Waals surface area contributed by atoms with Crippen molar-refractivity contribution in [1.29, 1.82) is 0 Å². The standard InChI is InChI=1S/C22H30N4O/c1-2-3-7-11-23-21-17-20(10-12-24-21)22(27)26-15-13-25(14-16-26)18-19-8-5-4-6-9-19/h4-6,8-10,12,17H,2-3,7,11,13-16,18H2,1H3,(H,23,24). The Morgan fingerprint density at radius 2 is 1.85 bits per heavy atom. The highest BCUT2D eigenvalue weighted by Gasteiger charge is 2.22. The number of nitrogens with one attached hydrogen (secondary N) is 1. The van der Waals surface area contributed by atoms with Crippen LogP contribution in [0.25, 0.3) is 0 Å². The Labute approximate surface area is 162 Å². The summed E-state index contributed by atoms with van der Waals surface area (Å²) in [6.45, 7) is 7.40. The zero-order valence-corrected chi connectivity index (χ0v) is 16.2. The molecule has 0 unspecified atom stereocenters. The number of carbonyl (C=O) groups excluding carboxylic acids is 1. The van der Waals surface area contributed by atoms with Crippen LogP contribution in [-0.4, -0.2) is 53.4 Å². The van der Waals surface area contributed by atoms with Crippen LogP contribution in [0, 0.1) is 0 Å². The van der Waals surface area contributed by atoms with Crippen molar-refractivity contribution in [2.75, 3.05) is 38.0 Å². The maximum atomic E-state index is 12.8. The van der Waals surface area contributed by atoms with Gasteiger partial charge in [-0.25, -0.2) is 4.98 Å². The molecule has 5 heteroatoms. The first-order valence-electron chi connectivity index (χ1n) is 10.0. The first-order valence-corrected chi connectivity index (χ1v) is 10.0. The van der Waals surface area contributed by atoms with E-state index >= 15 is 0 Å². The van der Waals surface area contributed by atoms with E-state index in [0.29, 0.717) is 0 Å². The van der Waals surface area contributed by atoms with Crippen LogP contribution in [0.15, 0.2) is 48.7 Å². The van der Waals surface area contributed by atoms with Gasteiger partial charge in [-0.3, -0.25) is 9.69 Å². The molecule has 0 atom stereocenters. The Bertz CT molecular complexity index is 711. The van der Waals surface area contributed by atoms with Crippen molar-refractivity contribution < 1.29 is 4.79 Å². The molecule has 1 saturated heterocycles. The number of piperazine rings is 1. The third-order valence-electron chi connectivity index (χ3n) is 5.00. The van der Waals surface area contributed by atoms with Gasteiger partial charge < -0.3 is 10.2 Å². The molecule has 3 rings (SSSR count). The van der Waals surface area contributed by atoms with Gasteiger partial charge in [0, 0.05) is 51.0 Å². The molecule has 2 aromatic rings. The van der Waals surface area contributed by atoms with Crippen LogP contribution < -0.4 is 5.32 Å². The van der Waals surface area contributed by atoms with E-state index in [-0.39, 0.29) is 5.91 Å². The van der Waals surface area contributed by atoms with Crippen molar-refractivity contribution in [2.24, 2.45) is 0 Å². The SMILES string of the molecule is CCCCCNc1cc(C(=O)N2CCN(Cc3ccccc3)CC2)ccn1. The molecule has 0 spiro atoms. The third-order valence-corrected chi connectivity index (χ3v) is 5.00. The average molecular weight is 367 g/mol. The van der Waals surface area contributed by atoms with E-state index in [1.165, 1.54) is 18.4 Å². The first-order chi connectivity index (χ1) is 13.3. The van der Waals surface area contributed by atoms with Gasteiger partial charge in [-0.2, -0.15) is 0 Å². The number of hydrogen-bond acceptors (Lipinski definition) is 4. The van der Waals surface area contributed by atoms with E-state index in [0.717, 1.165) is 57.1 Å². The monoisotopic (exact) mass is 366 g/mol. The van der Waals surface area contributed by atoms with Crippen LogP contribution in [0.1, 0.15) is 42.1 Å². The molecular weight excluding hydrogens is 336 g/mol. The molecule has 1 aromatic carbocycles. The van der Waals surface area contributed by atoms with Crippen LogP contribution in [0.2, 0.25) is 0 Å². The van der Waals surface area contributed by atoms with Crippen molar-refractivity contribution in [3.63, 3.8) is 0 Å². The van der Waals surface area contributed by atoms with Crippen molar-refractivity contribution >= 4 is 11.7 Å². The Morgan fingerprint density at radius 3 is 2.59 bits per heavy atom. The maximum absolute atomic E-state index is 12.8. The molecule has 1 amide bonds. The van der Waals surface area contributed by atoms with Gasteiger partial charge in [-0.1, -0.05) is 50.1 Å². The third kappa shape index (κ3) is 5.79. The predicted molar refractivity (Wildman–Crippen MR) is 110 cm³/mol. The van der Waals surface area contributed by atoms with Crippen molar-refractivity contribution in [3.05, 3.63) is 59.8 Å². The molecule has 1 aliphatic rings. The highest BCUT2D eigenvalue weighted by molar-refractivity contribution is 5.94. The topological polar surface area (TPSA) is 48.5 Å². The van der Waals surface area contributed by atoms with Crippen molar-refractivity contribution in [3.8, 4) is 0 Å². The van der Waals surface area contributed by atoms with Gasteiger partial charge in [0.1, 0.15) is 5.82 Å². The van der Waals surface area contributed by atoms with E-state index in [9.17, 15) is 4.79 Å². The number of hydrogen-bond donors (Lipinski definition) is 1. The minimum absolute atomic E-state index is 0.105. The molecule has 1 aromatic heterocycles. The van der Waals surface area contributed by atoms with Crippen LogP contribution in [0.3, 0.4) is 0 Å². The van der Waals surface area contributed by atoms with Gasteiger partial charge in [-0.15, -0.1) is 0 Å². The van der Waals surface area contributed by atoms with Gasteiger partial charge in [-0.05, 0) is 24.1 Å². The summed E-state index contributed by atoms with van der Waals surface area (Å²) in [5, 5.41) is 3.32. The number of benzene rings is 1. The number of pyridine rings is 1. The number of carbonyl (C=O) groups is 1. The van der Waals surface area contributed by atoms with Crippen LogP contribution in [-0.2, 0) is 6.54 Å². The average Bonchev–Trinajstić information content (AvgIpc) is 2.72. The largest absolute Gasteiger partial charge is 0.370 e. The second-order valence-electron chi connectivity index (χ2n) is 7.12. The van der Waals surface area contributed by atoms with E-state index in [1.807, 2.05) is 23.1 Å². The minimum Gasteiger partial charge on any atom is -0.370 e. The summed E-state index contributed by atoms with van der Waals surface area (Å²) >= 11 is 0. The fraction of sp³-hybridized carbons (Fsp3) is 0.455. The van der Waals surface area contributed by atoms with E-state index in [1.54, 1.807) is 6.20 Å². The van der Waals surface area contributed by atoms with Gasteiger partial charge in [0.2, 0.25) is 0 Å². The summed E-state index contributed by atoms with van der Waals surface area (Å²) in [5.41, 5.74) is 2.05. The molecule has 27 heavy (non-hydrogen) atoms. The molecule has 5 nitrogen and oxygen atoms in total. The highest BCUT2D eigenvalue weighted by Crippen LogP contribution is 2.14. The number of rotatable bonds is 8. The summed E-state index contributed by atoms with van der Waals surface area (Å²) in [7, 11) is 0. The van der Waals surface area contributed by atoms with Gasteiger partial charge in [0.05, 0.1) is 0 Å². The number of nitrogens with zero attached hydrogens (tertiary/aromatic N) is 3. The number of anilines is 1. The fourth-order valence-electron chi connectivity index (χ4n) is 3.38. The molecule has 0 aliphatic carbocycles. The molecule has 0 saturated carbocycles. The minimum atomic E-state index is 0.105. The van der Waals surface area contributed by atoms with Crippen LogP contribution in [0.4, 0.5) is 5.82 Å². The number of aromatic nitrogens is 1. The lowest BCUT2D eigenvalue weighted by Gasteiger charge is -2.34. The normalized spacial score (nSPS) is 14.9. The zero-order chi connectivity index (χ0) is 18.9. The molecule has 2 heterocycles. The second kappa shape index (κ2) is 10.1. The lowest BCUT2D eigenvalue weighted by atomic mass is 10.1. The summed E-state index contributed by atoms with van der Waals surface area (Å²) in [5.74, 6) is 0.896. The molecular formula is C22H30N4O. The quantitative estimate of drug-likeness (QED) is 0.725. The Hall–Kier alpha value is -2.40. The van der Waals surface area contributed by atoms with Gasteiger partial charge >= 0.3 is 0 Å². The highest BCUT2D eigenvalue weighted by atomic mass is 16.2. The van der Waals surface area contributed by atoms with E-state index in [2.05, 4.69) is 46.4 Å². The number of unbranched alkanes of at least 4 members (excludes halogenated alkanes) is 2. The molecule has 1 N–H and O–H groups in total. The summed E-state index contributed by atoms with van der Waals surface area (Å²) in [6.07, 6.45) is 5.25. The van der Waals surface area contributed by atoms with E-state index in [4.69, 9.17) is 0 Å². The zero-order valence-electron chi connectivity index (χ0n) is 16.2. The van der Waals surface area contributed by atoms with Crippen molar-refractivity contribution in [2.45, 2.75) is 32.7 Å². The lowest BCUT2D eigenvalue weighted by molar-refractivity contribution is 0.0628. The lowest BCUT2D eigenvalue weighted by Crippen LogP contribution is -2.48. The molecule has 1 aliphatic heterocycles. The second-order valence-corrected chi connectivity index (χ2v) is 7.12. The summed E-state index contributed by atoms with van der Waals surface area (Å²) in [6, 6.07) is 14.2. The Balaban J connectivity index is 1.50. The van der Waals surface area contributed by atoms with Crippen LogP contribution >= 0.6 is 0 Å². The van der Waals surface area contributed by atoms with Gasteiger partial charge in [0.15, 0.2) is 0 Å². The smallest absolute Gasteiger partial charge is 0.254 e. The summed E-state index contributed by atoms with van der Waals surface area (Å²) < 4.78 is 0. The Kier molecular flexibility index (Phi) is 7.22. The molecule has 0 bridgehead atoms. The number of amides is 1. The maximum Gasteiger partial charge on any atom is 0.254 e. The van der Waals surface area contributed by atoms with Crippen LogP contribution in [0.5, 0.6) is 0 Å². The Morgan fingerprint density at radius 1 is 1.07 bits per heavy atom. The molecule has 0 radical (unpaired) electrons. The van der Waals surface area contributed by atoms with Crippen molar-refractivity contribution in [1.82, 2.24) is 14.8 Å². The van der Waals surface area contributed by atoms with E-state index < -0.39 is 0 Å². The fourth-order valence-corrected chi connectivity index (χ4v) is 3.38. The first kappa shape index (κ1) is 19.4. The molecule has 1 fully saturated rings. The molecule has 144 valence electrons. The predicted octanol–water partition coefficient (Wildman–Crippen LogP) is 3.64. The summed E-state index contributed by atoms with van der Waals surface area (Å²) in [4.78, 5) is 21.5. The van der Waals surface area contributed by atoms with Gasteiger partial charge in [0.25, 0.3) is 5.91 Å².